The monoisotopic (exact) mass is 159 g/mol. The van der Waals surface area contributed by atoms with E-state index in [0.717, 1.165) is 19.4 Å². The van der Waals surface area contributed by atoms with Crippen LogP contribution < -0.4 is 5.73 Å². The van der Waals surface area contributed by atoms with Gasteiger partial charge in [-0.1, -0.05) is 13.8 Å². The molecule has 1 unspecified atom stereocenters. The third-order valence-electron chi connectivity index (χ3n) is 2.46. The van der Waals surface area contributed by atoms with Crippen molar-refractivity contribution in [3.05, 3.63) is 0 Å². The lowest BCUT2D eigenvalue weighted by molar-refractivity contribution is -0.0595. The largest absolute Gasteiger partial charge is 0.374 e. The predicted octanol–water partition coefficient (Wildman–Crippen LogP) is 1.93. The Labute approximate surface area is 70.1 Å². The first-order chi connectivity index (χ1) is 5.13. The van der Waals surface area contributed by atoms with E-state index in [1.807, 2.05) is 13.8 Å². The second kappa shape index (κ2) is 4.73. The molecule has 0 rings (SSSR count). The Bertz CT molecular complexity index is 97.7. The van der Waals surface area contributed by atoms with Crippen molar-refractivity contribution >= 4 is 0 Å². The SMILES string of the molecule is CCOC(CC)(CC)C(C)N. The summed E-state index contributed by atoms with van der Waals surface area (Å²) in [7, 11) is 0. The molecule has 0 aromatic carbocycles. The minimum atomic E-state index is -0.0885. The van der Waals surface area contributed by atoms with Crippen LogP contribution >= 0.6 is 0 Å². The molecule has 0 amide bonds. The van der Waals surface area contributed by atoms with Crippen LogP contribution in [0.1, 0.15) is 40.5 Å². The summed E-state index contributed by atoms with van der Waals surface area (Å²) >= 11 is 0. The van der Waals surface area contributed by atoms with Gasteiger partial charge in [-0.25, -0.2) is 0 Å². The first-order valence-corrected chi connectivity index (χ1v) is 4.52. The van der Waals surface area contributed by atoms with E-state index in [2.05, 4.69) is 13.8 Å². The van der Waals surface area contributed by atoms with E-state index in [9.17, 15) is 0 Å². The van der Waals surface area contributed by atoms with Crippen LogP contribution in [0.3, 0.4) is 0 Å². The maximum absolute atomic E-state index is 5.85. The van der Waals surface area contributed by atoms with Gasteiger partial charge in [0.1, 0.15) is 0 Å². The molecule has 0 spiro atoms. The predicted molar refractivity (Wildman–Crippen MR) is 48.6 cm³/mol. The lowest BCUT2D eigenvalue weighted by atomic mass is 9.90. The van der Waals surface area contributed by atoms with E-state index in [1.165, 1.54) is 0 Å². The fraction of sp³-hybridized carbons (Fsp3) is 1.00. The van der Waals surface area contributed by atoms with Crippen LogP contribution in [-0.2, 0) is 4.74 Å². The van der Waals surface area contributed by atoms with E-state index in [-0.39, 0.29) is 11.6 Å². The molecular formula is C9H21NO. The molecule has 2 N–H and O–H groups in total. The molecule has 0 aromatic rings. The zero-order chi connectivity index (χ0) is 8.91. The molecule has 0 heterocycles. The van der Waals surface area contributed by atoms with Crippen LogP contribution in [0, 0.1) is 0 Å². The third-order valence-corrected chi connectivity index (χ3v) is 2.46. The highest BCUT2D eigenvalue weighted by atomic mass is 16.5. The average molecular weight is 159 g/mol. The molecule has 0 saturated heterocycles. The molecule has 0 aliphatic carbocycles. The molecule has 0 fully saturated rings. The van der Waals surface area contributed by atoms with Crippen molar-refractivity contribution in [1.29, 1.82) is 0 Å². The van der Waals surface area contributed by atoms with Gasteiger partial charge in [0.15, 0.2) is 0 Å². The fourth-order valence-corrected chi connectivity index (χ4v) is 1.52. The van der Waals surface area contributed by atoms with Gasteiger partial charge in [0, 0.05) is 12.6 Å². The van der Waals surface area contributed by atoms with Crippen LogP contribution in [0.2, 0.25) is 0 Å². The third kappa shape index (κ3) is 2.46. The lowest BCUT2D eigenvalue weighted by Gasteiger charge is -2.35. The maximum Gasteiger partial charge on any atom is 0.0824 e. The summed E-state index contributed by atoms with van der Waals surface area (Å²) in [6.07, 6.45) is 1.99. The van der Waals surface area contributed by atoms with Gasteiger partial charge in [-0.3, -0.25) is 0 Å². The zero-order valence-electron chi connectivity index (χ0n) is 8.18. The van der Waals surface area contributed by atoms with Crippen LogP contribution in [0.15, 0.2) is 0 Å². The summed E-state index contributed by atoms with van der Waals surface area (Å²) < 4.78 is 5.66. The molecular weight excluding hydrogens is 138 g/mol. The number of rotatable bonds is 5. The summed E-state index contributed by atoms with van der Waals surface area (Å²) in [4.78, 5) is 0. The Morgan fingerprint density at radius 3 is 1.82 bits per heavy atom. The molecule has 0 saturated carbocycles. The van der Waals surface area contributed by atoms with E-state index >= 15 is 0 Å². The van der Waals surface area contributed by atoms with Gasteiger partial charge >= 0.3 is 0 Å². The highest BCUT2D eigenvalue weighted by Crippen LogP contribution is 2.23. The Balaban J connectivity index is 4.20. The van der Waals surface area contributed by atoms with Gasteiger partial charge in [0.25, 0.3) is 0 Å². The fourth-order valence-electron chi connectivity index (χ4n) is 1.52. The Morgan fingerprint density at radius 2 is 1.73 bits per heavy atom. The molecule has 0 bridgehead atoms. The molecule has 2 heteroatoms. The van der Waals surface area contributed by atoms with E-state index < -0.39 is 0 Å². The second-order valence-corrected chi connectivity index (χ2v) is 2.99. The normalized spacial score (nSPS) is 15.0. The van der Waals surface area contributed by atoms with Crippen LogP contribution in [0.4, 0.5) is 0 Å². The highest BCUT2D eigenvalue weighted by Gasteiger charge is 2.30. The quantitative estimate of drug-likeness (QED) is 0.665. The van der Waals surface area contributed by atoms with Gasteiger partial charge in [-0.15, -0.1) is 0 Å². The average Bonchev–Trinajstić information content (AvgIpc) is 2.00. The van der Waals surface area contributed by atoms with Crippen molar-refractivity contribution in [3.63, 3.8) is 0 Å². The molecule has 0 aliphatic heterocycles. The maximum atomic E-state index is 5.85. The number of nitrogens with two attached hydrogens (primary N) is 1. The van der Waals surface area contributed by atoms with Gasteiger partial charge < -0.3 is 10.5 Å². The molecule has 0 radical (unpaired) electrons. The lowest BCUT2D eigenvalue weighted by Crippen LogP contribution is -2.47. The highest BCUT2D eigenvalue weighted by molar-refractivity contribution is 4.86. The Hall–Kier alpha value is -0.0800. The topological polar surface area (TPSA) is 35.2 Å². The molecule has 11 heavy (non-hydrogen) atoms. The van der Waals surface area contributed by atoms with Crippen molar-refractivity contribution in [3.8, 4) is 0 Å². The van der Waals surface area contributed by atoms with Crippen molar-refractivity contribution in [2.24, 2.45) is 5.73 Å². The number of hydrogen-bond acceptors (Lipinski definition) is 2. The van der Waals surface area contributed by atoms with Crippen molar-refractivity contribution in [2.45, 2.75) is 52.2 Å². The van der Waals surface area contributed by atoms with Gasteiger partial charge in [0.2, 0.25) is 0 Å². The summed E-state index contributed by atoms with van der Waals surface area (Å²) in [5.74, 6) is 0. The van der Waals surface area contributed by atoms with Gasteiger partial charge in [-0.05, 0) is 26.7 Å². The second-order valence-electron chi connectivity index (χ2n) is 2.99. The minimum absolute atomic E-state index is 0.0885. The van der Waals surface area contributed by atoms with E-state index in [4.69, 9.17) is 10.5 Å². The summed E-state index contributed by atoms with van der Waals surface area (Å²) in [5, 5.41) is 0. The smallest absolute Gasteiger partial charge is 0.0824 e. The Kier molecular flexibility index (Phi) is 4.69. The number of hydrogen-bond donors (Lipinski definition) is 1. The standard InChI is InChI=1S/C9H21NO/c1-5-9(6-2,8(4)10)11-7-3/h8H,5-7,10H2,1-4H3. The molecule has 0 aromatic heterocycles. The van der Waals surface area contributed by atoms with Gasteiger partial charge in [0.05, 0.1) is 5.60 Å². The van der Waals surface area contributed by atoms with Crippen LogP contribution in [-0.4, -0.2) is 18.2 Å². The first kappa shape index (κ1) is 10.9. The molecule has 2 nitrogen and oxygen atoms in total. The van der Waals surface area contributed by atoms with Crippen molar-refractivity contribution < 1.29 is 4.74 Å². The van der Waals surface area contributed by atoms with Crippen molar-refractivity contribution in [1.82, 2.24) is 0 Å². The minimum Gasteiger partial charge on any atom is -0.374 e. The first-order valence-electron chi connectivity index (χ1n) is 4.52. The van der Waals surface area contributed by atoms with Gasteiger partial charge in [-0.2, -0.15) is 0 Å². The summed E-state index contributed by atoms with van der Waals surface area (Å²) in [6, 6.07) is 0.123. The summed E-state index contributed by atoms with van der Waals surface area (Å²) in [6.45, 7) is 9.04. The van der Waals surface area contributed by atoms with Crippen LogP contribution in [0.25, 0.3) is 0 Å². The Morgan fingerprint density at radius 1 is 1.27 bits per heavy atom. The molecule has 1 atom stereocenters. The molecule has 68 valence electrons. The number of ether oxygens (including phenoxy) is 1. The van der Waals surface area contributed by atoms with E-state index in [1.54, 1.807) is 0 Å². The molecule has 0 aliphatic rings. The van der Waals surface area contributed by atoms with E-state index in [0.29, 0.717) is 0 Å². The van der Waals surface area contributed by atoms with Crippen molar-refractivity contribution in [2.75, 3.05) is 6.61 Å². The van der Waals surface area contributed by atoms with Crippen LogP contribution in [0.5, 0.6) is 0 Å². The summed E-state index contributed by atoms with van der Waals surface area (Å²) in [5.41, 5.74) is 5.77. The zero-order valence-corrected chi connectivity index (χ0v) is 8.18.